The molecule has 0 aliphatic carbocycles. The van der Waals surface area contributed by atoms with E-state index in [2.05, 4.69) is 43.4 Å². The third-order valence-electron chi connectivity index (χ3n) is 3.43. The Morgan fingerprint density at radius 3 is 1.63 bits per heavy atom. The van der Waals surface area contributed by atoms with E-state index in [-0.39, 0.29) is 11.9 Å². The summed E-state index contributed by atoms with van der Waals surface area (Å²) in [6.07, 6.45) is 0. The molecule has 0 heterocycles. The van der Waals surface area contributed by atoms with Crippen LogP contribution in [0, 0.1) is 5.82 Å². The van der Waals surface area contributed by atoms with Gasteiger partial charge in [-0.3, -0.25) is 0 Å². The largest absolute Gasteiger partial charge is 0.309 e. The molecule has 0 aliphatic rings. The summed E-state index contributed by atoms with van der Waals surface area (Å²) < 4.78 is 13.0. The van der Waals surface area contributed by atoms with Gasteiger partial charge in [-0.25, -0.2) is 4.39 Å². The van der Waals surface area contributed by atoms with Gasteiger partial charge in [0.15, 0.2) is 0 Å². The van der Waals surface area contributed by atoms with Crippen LogP contribution in [0.1, 0.15) is 42.5 Å². The highest BCUT2D eigenvalue weighted by molar-refractivity contribution is 5.34. The second-order valence-electron chi connectivity index (χ2n) is 5.09. The van der Waals surface area contributed by atoms with Crippen LogP contribution in [-0.4, -0.2) is 7.05 Å². The lowest BCUT2D eigenvalue weighted by Crippen LogP contribution is -2.17. The van der Waals surface area contributed by atoms with Crippen LogP contribution in [0.3, 0.4) is 0 Å². The third-order valence-corrected chi connectivity index (χ3v) is 3.43. The van der Waals surface area contributed by atoms with E-state index < -0.39 is 0 Å². The normalized spacial score (nSPS) is 12.7. The maximum Gasteiger partial charge on any atom is 0.123 e. The minimum atomic E-state index is -0.200. The zero-order valence-electron chi connectivity index (χ0n) is 11.7. The van der Waals surface area contributed by atoms with Gasteiger partial charge in [0.25, 0.3) is 0 Å². The minimum absolute atomic E-state index is 0.0989. The molecule has 0 aliphatic heterocycles. The van der Waals surface area contributed by atoms with Gasteiger partial charge in [-0.15, -0.1) is 0 Å². The van der Waals surface area contributed by atoms with Gasteiger partial charge in [-0.1, -0.05) is 50.2 Å². The summed E-state index contributed by atoms with van der Waals surface area (Å²) in [6.45, 7) is 4.37. The molecule has 0 saturated heterocycles. The first-order valence-corrected chi connectivity index (χ1v) is 6.64. The summed E-state index contributed by atoms with van der Waals surface area (Å²) in [4.78, 5) is 0. The Bertz CT molecular complexity index is 514. The highest BCUT2D eigenvalue weighted by Crippen LogP contribution is 2.24. The van der Waals surface area contributed by atoms with Crippen molar-refractivity contribution in [3.63, 3.8) is 0 Å². The van der Waals surface area contributed by atoms with E-state index in [1.165, 1.54) is 23.3 Å². The van der Waals surface area contributed by atoms with Crippen LogP contribution in [0.2, 0.25) is 0 Å². The third kappa shape index (κ3) is 3.21. The van der Waals surface area contributed by atoms with Crippen molar-refractivity contribution in [3.05, 3.63) is 71.0 Å². The molecule has 0 bridgehead atoms. The molecule has 100 valence electrons. The van der Waals surface area contributed by atoms with Crippen LogP contribution in [-0.2, 0) is 0 Å². The number of halogens is 1. The summed E-state index contributed by atoms with van der Waals surface area (Å²) in [5.74, 6) is 0.335. The SMILES string of the molecule is CNC(c1ccc(F)cc1)c1ccc(C(C)C)cc1. The van der Waals surface area contributed by atoms with Crippen molar-refractivity contribution in [2.75, 3.05) is 7.05 Å². The van der Waals surface area contributed by atoms with E-state index in [0.29, 0.717) is 5.92 Å². The molecule has 1 unspecified atom stereocenters. The molecule has 0 fully saturated rings. The summed E-state index contributed by atoms with van der Waals surface area (Å²) in [7, 11) is 1.92. The van der Waals surface area contributed by atoms with E-state index in [1.54, 1.807) is 0 Å². The molecule has 1 atom stereocenters. The number of benzene rings is 2. The Morgan fingerprint density at radius 1 is 0.789 bits per heavy atom. The molecule has 0 aromatic heterocycles. The molecule has 0 saturated carbocycles. The number of nitrogens with one attached hydrogen (secondary N) is 1. The molecule has 19 heavy (non-hydrogen) atoms. The molecule has 1 N–H and O–H groups in total. The zero-order chi connectivity index (χ0) is 13.8. The summed E-state index contributed by atoms with van der Waals surface area (Å²) in [5.41, 5.74) is 3.59. The van der Waals surface area contributed by atoms with Gasteiger partial charge in [0.1, 0.15) is 5.82 Å². The van der Waals surface area contributed by atoms with Gasteiger partial charge in [-0.2, -0.15) is 0 Å². The molecular weight excluding hydrogens is 237 g/mol. The molecule has 2 heteroatoms. The monoisotopic (exact) mass is 257 g/mol. The maximum atomic E-state index is 13.0. The van der Waals surface area contributed by atoms with Crippen molar-refractivity contribution in [1.29, 1.82) is 0 Å². The lowest BCUT2D eigenvalue weighted by atomic mass is 9.95. The van der Waals surface area contributed by atoms with Crippen LogP contribution >= 0.6 is 0 Å². The van der Waals surface area contributed by atoms with Gasteiger partial charge in [0.05, 0.1) is 6.04 Å². The fraction of sp³-hybridized carbons (Fsp3) is 0.294. The minimum Gasteiger partial charge on any atom is -0.309 e. The van der Waals surface area contributed by atoms with Crippen LogP contribution in [0.15, 0.2) is 48.5 Å². The van der Waals surface area contributed by atoms with Crippen molar-refractivity contribution in [1.82, 2.24) is 5.32 Å². The average Bonchev–Trinajstić information content (AvgIpc) is 2.42. The van der Waals surface area contributed by atoms with Crippen molar-refractivity contribution in [3.8, 4) is 0 Å². The number of hydrogen-bond donors (Lipinski definition) is 1. The van der Waals surface area contributed by atoms with Gasteiger partial charge in [0, 0.05) is 0 Å². The lowest BCUT2D eigenvalue weighted by molar-refractivity contribution is 0.623. The lowest BCUT2D eigenvalue weighted by Gasteiger charge is -2.18. The molecule has 1 nitrogen and oxygen atoms in total. The molecule has 2 rings (SSSR count). The second kappa shape index (κ2) is 5.98. The van der Waals surface area contributed by atoms with Gasteiger partial charge < -0.3 is 5.32 Å². The molecule has 0 amide bonds. The predicted molar refractivity (Wildman–Crippen MR) is 77.8 cm³/mol. The molecule has 0 radical (unpaired) electrons. The van der Waals surface area contributed by atoms with E-state index in [9.17, 15) is 4.39 Å². The molecular formula is C17H20FN. The van der Waals surface area contributed by atoms with E-state index in [4.69, 9.17) is 0 Å². The predicted octanol–water partition coefficient (Wildman–Crippen LogP) is 4.26. The maximum absolute atomic E-state index is 13.0. The van der Waals surface area contributed by atoms with E-state index in [1.807, 2.05) is 19.2 Å². The smallest absolute Gasteiger partial charge is 0.123 e. The Labute approximate surface area is 114 Å². The Morgan fingerprint density at radius 2 is 1.21 bits per heavy atom. The topological polar surface area (TPSA) is 12.0 Å². The molecule has 0 spiro atoms. The molecule has 2 aromatic rings. The van der Waals surface area contributed by atoms with Crippen LogP contribution < -0.4 is 5.32 Å². The highest BCUT2D eigenvalue weighted by atomic mass is 19.1. The van der Waals surface area contributed by atoms with Crippen molar-refractivity contribution in [2.24, 2.45) is 0 Å². The summed E-state index contributed by atoms with van der Waals surface area (Å²) in [5, 5.41) is 3.28. The Hall–Kier alpha value is -1.67. The second-order valence-corrected chi connectivity index (χ2v) is 5.09. The first kappa shape index (κ1) is 13.8. The molecule has 2 aromatic carbocycles. The van der Waals surface area contributed by atoms with E-state index in [0.717, 1.165) is 5.56 Å². The Kier molecular flexibility index (Phi) is 4.33. The number of hydrogen-bond acceptors (Lipinski definition) is 1. The van der Waals surface area contributed by atoms with Crippen LogP contribution in [0.4, 0.5) is 4.39 Å². The Balaban J connectivity index is 2.28. The van der Waals surface area contributed by atoms with Gasteiger partial charge >= 0.3 is 0 Å². The van der Waals surface area contributed by atoms with Gasteiger partial charge in [-0.05, 0) is 41.8 Å². The summed E-state index contributed by atoms with van der Waals surface area (Å²) in [6, 6.07) is 15.4. The van der Waals surface area contributed by atoms with Crippen molar-refractivity contribution in [2.45, 2.75) is 25.8 Å². The highest BCUT2D eigenvalue weighted by Gasteiger charge is 2.12. The van der Waals surface area contributed by atoms with Crippen molar-refractivity contribution < 1.29 is 4.39 Å². The van der Waals surface area contributed by atoms with Crippen LogP contribution in [0.5, 0.6) is 0 Å². The van der Waals surface area contributed by atoms with Gasteiger partial charge in [0.2, 0.25) is 0 Å². The first-order valence-electron chi connectivity index (χ1n) is 6.64. The fourth-order valence-corrected chi connectivity index (χ4v) is 2.25. The fourth-order valence-electron chi connectivity index (χ4n) is 2.25. The van der Waals surface area contributed by atoms with E-state index >= 15 is 0 Å². The quantitative estimate of drug-likeness (QED) is 0.863. The zero-order valence-corrected chi connectivity index (χ0v) is 11.7. The van der Waals surface area contributed by atoms with Crippen LogP contribution in [0.25, 0.3) is 0 Å². The summed E-state index contributed by atoms with van der Waals surface area (Å²) >= 11 is 0. The van der Waals surface area contributed by atoms with Crippen molar-refractivity contribution >= 4 is 0 Å². The average molecular weight is 257 g/mol. The first-order chi connectivity index (χ1) is 9.11. The number of rotatable bonds is 4. The standard InChI is InChI=1S/C17H20FN/c1-12(2)13-4-6-14(7-5-13)17(19-3)15-8-10-16(18)11-9-15/h4-12,17,19H,1-3H3.